The van der Waals surface area contributed by atoms with Crippen molar-refractivity contribution in [3.8, 4) is 17.2 Å². The van der Waals surface area contributed by atoms with E-state index < -0.39 is 0 Å². The number of aryl methyl sites for hydroxylation is 2. The standard InChI is InChI=1S/C23H26N2O2/c1-16-9-4-5-10-18(16)23-24-20(17(2)27-23)15-25-14-8-12-21(25)19-11-6-7-13-22(19)26-3/h4-7,9-11,13,21H,8,12,14-15H2,1-3H3/t21-/m0/s1. The van der Waals surface area contributed by atoms with Gasteiger partial charge in [0, 0.05) is 23.7 Å². The van der Waals surface area contributed by atoms with Crippen LogP contribution in [0.5, 0.6) is 5.75 Å². The van der Waals surface area contributed by atoms with E-state index in [1.165, 1.54) is 17.5 Å². The molecule has 0 spiro atoms. The van der Waals surface area contributed by atoms with E-state index in [9.17, 15) is 0 Å². The Morgan fingerprint density at radius 2 is 1.89 bits per heavy atom. The van der Waals surface area contributed by atoms with Crippen molar-refractivity contribution in [1.29, 1.82) is 0 Å². The van der Waals surface area contributed by atoms with E-state index in [0.29, 0.717) is 11.9 Å². The van der Waals surface area contributed by atoms with E-state index in [4.69, 9.17) is 14.1 Å². The van der Waals surface area contributed by atoms with Gasteiger partial charge in [-0.25, -0.2) is 4.98 Å². The number of nitrogens with zero attached hydrogens (tertiary/aromatic N) is 2. The number of hydrogen-bond donors (Lipinski definition) is 0. The molecular weight excluding hydrogens is 336 g/mol. The average molecular weight is 362 g/mol. The van der Waals surface area contributed by atoms with Gasteiger partial charge in [0.1, 0.15) is 11.5 Å². The molecule has 0 saturated carbocycles. The van der Waals surface area contributed by atoms with Gasteiger partial charge in [0.25, 0.3) is 0 Å². The molecule has 0 bridgehead atoms. The van der Waals surface area contributed by atoms with E-state index in [-0.39, 0.29) is 0 Å². The summed E-state index contributed by atoms with van der Waals surface area (Å²) in [7, 11) is 1.74. The molecule has 4 nitrogen and oxygen atoms in total. The highest BCUT2D eigenvalue weighted by Gasteiger charge is 2.29. The first-order chi connectivity index (χ1) is 13.2. The highest BCUT2D eigenvalue weighted by atomic mass is 16.5. The van der Waals surface area contributed by atoms with Gasteiger partial charge in [-0.15, -0.1) is 0 Å². The van der Waals surface area contributed by atoms with Crippen LogP contribution in [0.4, 0.5) is 0 Å². The van der Waals surface area contributed by atoms with Crippen LogP contribution in [0.25, 0.3) is 11.5 Å². The van der Waals surface area contributed by atoms with Crippen LogP contribution in [-0.4, -0.2) is 23.5 Å². The molecule has 1 aliphatic rings. The number of methoxy groups -OCH3 is 1. The van der Waals surface area contributed by atoms with E-state index in [1.54, 1.807) is 7.11 Å². The zero-order valence-electron chi connectivity index (χ0n) is 16.2. The van der Waals surface area contributed by atoms with Gasteiger partial charge in [-0.3, -0.25) is 4.90 Å². The number of para-hydroxylation sites is 1. The summed E-state index contributed by atoms with van der Waals surface area (Å²) in [6.07, 6.45) is 2.33. The minimum Gasteiger partial charge on any atom is -0.496 e. The molecule has 1 fully saturated rings. The molecule has 2 heterocycles. The van der Waals surface area contributed by atoms with Crippen LogP contribution in [0.3, 0.4) is 0 Å². The van der Waals surface area contributed by atoms with Crippen molar-refractivity contribution in [2.24, 2.45) is 0 Å². The number of oxazole rings is 1. The molecule has 4 heteroatoms. The minimum atomic E-state index is 0.360. The number of likely N-dealkylation sites (tertiary alicyclic amines) is 1. The second kappa shape index (κ2) is 7.57. The lowest BCUT2D eigenvalue weighted by molar-refractivity contribution is 0.239. The molecular formula is C23H26N2O2. The summed E-state index contributed by atoms with van der Waals surface area (Å²) in [5.74, 6) is 2.58. The van der Waals surface area contributed by atoms with Gasteiger partial charge < -0.3 is 9.15 Å². The predicted octanol–water partition coefficient (Wildman–Crippen LogP) is 5.30. The van der Waals surface area contributed by atoms with Gasteiger partial charge in [-0.2, -0.15) is 0 Å². The van der Waals surface area contributed by atoms with E-state index in [2.05, 4.69) is 36.1 Å². The Hall–Kier alpha value is -2.59. The maximum Gasteiger partial charge on any atom is 0.226 e. The van der Waals surface area contributed by atoms with Crippen molar-refractivity contribution in [2.45, 2.75) is 39.3 Å². The van der Waals surface area contributed by atoms with Crippen LogP contribution >= 0.6 is 0 Å². The average Bonchev–Trinajstić information content (AvgIpc) is 3.29. The molecule has 140 valence electrons. The van der Waals surface area contributed by atoms with Gasteiger partial charge in [0.2, 0.25) is 5.89 Å². The van der Waals surface area contributed by atoms with Crippen LogP contribution in [0, 0.1) is 13.8 Å². The fourth-order valence-electron chi connectivity index (χ4n) is 4.00. The fourth-order valence-corrected chi connectivity index (χ4v) is 4.00. The molecule has 1 aliphatic heterocycles. The molecule has 0 radical (unpaired) electrons. The summed E-state index contributed by atoms with van der Waals surface area (Å²) in [5.41, 5.74) is 4.53. The van der Waals surface area contributed by atoms with Gasteiger partial charge >= 0.3 is 0 Å². The Morgan fingerprint density at radius 3 is 2.70 bits per heavy atom. The number of hydrogen-bond acceptors (Lipinski definition) is 4. The van der Waals surface area contributed by atoms with Crippen molar-refractivity contribution in [3.63, 3.8) is 0 Å². The van der Waals surface area contributed by atoms with Crippen LogP contribution < -0.4 is 4.74 Å². The van der Waals surface area contributed by atoms with Crippen LogP contribution in [-0.2, 0) is 6.54 Å². The Bertz CT molecular complexity index is 932. The zero-order chi connectivity index (χ0) is 18.8. The SMILES string of the molecule is COc1ccccc1[C@@H]1CCCN1Cc1nc(-c2ccccc2C)oc1C. The van der Waals surface area contributed by atoms with E-state index in [1.807, 2.05) is 31.2 Å². The first-order valence-electron chi connectivity index (χ1n) is 9.56. The number of rotatable bonds is 5. The maximum absolute atomic E-state index is 6.02. The summed E-state index contributed by atoms with van der Waals surface area (Å²) < 4.78 is 11.6. The Balaban J connectivity index is 1.59. The third-order valence-corrected chi connectivity index (χ3v) is 5.48. The second-order valence-electron chi connectivity index (χ2n) is 7.21. The van der Waals surface area contributed by atoms with Crippen molar-refractivity contribution in [2.75, 3.05) is 13.7 Å². The minimum absolute atomic E-state index is 0.360. The highest BCUT2D eigenvalue weighted by molar-refractivity contribution is 5.58. The van der Waals surface area contributed by atoms with Gasteiger partial charge in [0.15, 0.2) is 0 Å². The fraction of sp³-hybridized carbons (Fsp3) is 0.348. The zero-order valence-corrected chi connectivity index (χ0v) is 16.2. The van der Waals surface area contributed by atoms with Crippen LogP contribution in [0.1, 0.15) is 41.5 Å². The summed E-state index contributed by atoms with van der Waals surface area (Å²) in [5, 5.41) is 0. The molecule has 1 aromatic heterocycles. The largest absolute Gasteiger partial charge is 0.496 e. The number of ether oxygens (including phenoxy) is 1. The summed E-state index contributed by atoms with van der Waals surface area (Å²) in [6.45, 7) is 5.96. The Kier molecular flexibility index (Phi) is 4.99. The summed E-state index contributed by atoms with van der Waals surface area (Å²) in [6, 6.07) is 16.9. The molecule has 1 saturated heterocycles. The van der Waals surface area contributed by atoms with Crippen LogP contribution in [0.15, 0.2) is 52.9 Å². The van der Waals surface area contributed by atoms with Gasteiger partial charge in [-0.05, 0) is 50.9 Å². The first kappa shape index (κ1) is 17.8. The number of aromatic nitrogens is 1. The Morgan fingerprint density at radius 1 is 1.11 bits per heavy atom. The molecule has 0 N–H and O–H groups in total. The molecule has 0 amide bonds. The lowest BCUT2D eigenvalue weighted by atomic mass is 10.0. The topological polar surface area (TPSA) is 38.5 Å². The molecule has 0 unspecified atom stereocenters. The first-order valence-corrected chi connectivity index (χ1v) is 9.56. The number of benzene rings is 2. The molecule has 4 rings (SSSR count). The monoisotopic (exact) mass is 362 g/mol. The quantitative estimate of drug-likeness (QED) is 0.617. The maximum atomic E-state index is 6.02. The predicted molar refractivity (Wildman–Crippen MR) is 107 cm³/mol. The third-order valence-electron chi connectivity index (χ3n) is 5.48. The smallest absolute Gasteiger partial charge is 0.226 e. The lowest BCUT2D eigenvalue weighted by Gasteiger charge is -2.25. The molecule has 1 atom stereocenters. The molecule has 3 aromatic rings. The van der Waals surface area contributed by atoms with Gasteiger partial charge in [0.05, 0.1) is 12.8 Å². The summed E-state index contributed by atoms with van der Waals surface area (Å²) in [4.78, 5) is 7.33. The normalized spacial score (nSPS) is 17.4. The highest BCUT2D eigenvalue weighted by Crippen LogP contribution is 2.38. The second-order valence-corrected chi connectivity index (χ2v) is 7.21. The molecule has 27 heavy (non-hydrogen) atoms. The van der Waals surface area contributed by atoms with Crippen molar-refractivity contribution < 1.29 is 9.15 Å². The Labute approximate surface area is 160 Å². The van der Waals surface area contributed by atoms with Crippen molar-refractivity contribution in [1.82, 2.24) is 9.88 Å². The lowest BCUT2D eigenvalue weighted by Crippen LogP contribution is -2.23. The molecule has 0 aliphatic carbocycles. The summed E-state index contributed by atoms with van der Waals surface area (Å²) >= 11 is 0. The van der Waals surface area contributed by atoms with E-state index in [0.717, 1.165) is 42.3 Å². The van der Waals surface area contributed by atoms with Gasteiger partial charge in [-0.1, -0.05) is 36.4 Å². The molecule has 2 aromatic carbocycles. The van der Waals surface area contributed by atoms with Crippen molar-refractivity contribution >= 4 is 0 Å². The third kappa shape index (κ3) is 3.50. The van der Waals surface area contributed by atoms with Crippen molar-refractivity contribution in [3.05, 3.63) is 71.1 Å². The van der Waals surface area contributed by atoms with E-state index >= 15 is 0 Å². The van der Waals surface area contributed by atoms with Crippen LogP contribution in [0.2, 0.25) is 0 Å².